The average molecular weight is 223 g/mol. The van der Waals surface area contributed by atoms with Gasteiger partial charge >= 0.3 is 0 Å². The summed E-state index contributed by atoms with van der Waals surface area (Å²) in [6, 6.07) is 7.82. The van der Waals surface area contributed by atoms with Crippen molar-refractivity contribution in [1.29, 1.82) is 0 Å². The maximum Gasteiger partial charge on any atom is 0.171 e. The van der Waals surface area contributed by atoms with Gasteiger partial charge in [-0.15, -0.1) is 0 Å². The van der Waals surface area contributed by atoms with Crippen LogP contribution < -0.4 is 4.72 Å². The Labute approximate surface area is 91.1 Å². The molecular formula is C9H9N3S2. The van der Waals surface area contributed by atoms with E-state index in [9.17, 15) is 0 Å². The highest BCUT2D eigenvalue weighted by atomic mass is 32.2. The second kappa shape index (κ2) is 3.98. The Balaban J connectivity index is 2.65. The summed E-state index contributed by atoms with van der Waals surface area (Å²) in [5.41, 5.74) is 1.88. The number of hydrogen-bond acceptors (Lipinski definition) is 4. The van der Waals surface area contributed by atoms with E-state index in [2.05, 4.69) is 14.7 Å². The van der Waals surface area contributed by atoms with E-state index in [-0.39, 0.29) is 0 Å². The van der Waals surface area contributed by atoms with Gasteiger partial charge in [-0.05, 0) is 12.1 Å². The van der Waals surface area contributed by atoms with Crippen LogP contribution in [0.25, 0.3) is 11.0 Å². The Bertz CT molecular complexity index is 507. The number of nitrogens with one attached hydrogen (secondary N) is 2. The van der Waals surface area contributed by atoms with Crippen molar-refractivity contribution in [2.24, 2.45) is 0 Å². The van der Waals surface area contributed by atoms with Crippen molar-refractivity contribution in [2.45, 2.75) is 0 Å². The molecule has 14 heavy (non-hydrogen) atoms. The van der Waals surface area contributed by atoms with Crippen LogP contribution in [-0.4, -0.2) is 16.2 Å². The molecule has 0 fully saturated rings. The molecule has 0 saturated carbocycles. The molecule has 0 aliphatic heterocycles. The minimum Gasteiger partial charge on any atom is -0.342 e. The summed E-state index contributed by atoms with van der Waals surface area (Å²) in [5.74, 6) is 0.714. The Morgan fingerprint density at radius 1 is 1.43 bits per heavy atom. The molecule has 0 radical (unpaired) electrons. The maximum atomic E-state index is 5.15. The predicted octanol–water partition coefficient (Wildman–Crippen LogP) is 2.98. The second-order valence-corrected chi connectivity index (χ2v) is 3.76. The first-order chi connectivity index (χ1) is 6.81. The molecule has 0 spiro atoms. The minimum atomic E-state index is 0.637. The molecule has 0 unspecified atom stereocenters. The number of anilines is 1. The van der Waals surface area contributed by atoms with Gasteiger partial charge in [-0.1, -0.05) is 36.3 Å². The van der Waals surface area contributed by atoms with Crippen LogP contribution in [0.15, 0.2) is 24.3 Å². The zero-order chi connectivity index (χ0) is 9.97. The molecule has 3 nitrogen and oxygen atoms in total. The number of H-pyrrole nitrogens is 1. The van der Waals surface area contributed by atoms with Crippen molar-refractivity contribution in [1.82, 2.24) is 9.97 Å². The molecule has 2 N–H and O–H groups in total. The van der Waals surface area contributed by atoms with E-state index in [1.165, 1.54) is 11.9 Å². The van der Waals surface area contributed by atoms with E-state index >= 15 is 0 Å². The summed E-state index contributed by atoms with van der Waals surface area (Å²) >= 11 is 6.63. The maximum absolute atomic E-state index is 5.15. The molecule has 0 amide bonds. The van der Waals surface area contributed by atoms with E-state index in [4.69, 9.17) is 12.2 Å². The van der Waals surface area contributed by atoms with Crippen molar-refractivity contribution in [2.75, 3.05) is 11.0 Å². The van der Waals surface area contributed by atoms with Crippen LogP contribution in [0, 0.1) is 4.64 Å². The summed E-state index contributed by atoms with van der Waals surface area (Å²) in [5, 5.41) is 0. The highest BCUT2D eigenvalue weighted by molar-refractivity contribution is 7.99. The Morgan fingerprint density at radius 2 is 2.21 bits per heavy atom. The Kier molecular flexibility index (Phi) is 2.69. The van der Waals surface area contributed by atoms with Crippen molar-refractivity contribution in [3.8, 4) is 0 Å². The third kappa shape index (κ3) is 1.73. The fourth-order valence-electron chi connectivity index (χ4n) is 1.20. The standard InChI is InChI=1S/C9H9N3S2/c1-14-12-8-9(13)11-7-5-3-2-4-6(7)10-8/h2-5H,1H3,(H,10,12)(H,11,13). The lowest BCUT2D eigenvalue weighted by Crippen LogP contribution is -1.93. The number of para-hydroxylation sites is 2. The van der Waals surface area contributed by atoms with Gasteiger partial charge in [0.05, 0.1) is 11.0 Å². The molecule has 0 aliphatic carbocycles. The SMILES string of the molecule is CSNc1nc2ccccc2[nH]c1=S. The molecule has 2 rings (SSSR count). The number of aromatic nitrogens is 2. The van der Waals surface area contributed by atoms with Crippen LogP contribution in [-0.2, 0) is 0 Å². The molecule has 0 aliphatic rings. The summed E-state index contributed by atoms with van der Waals surface area (Å²) in [4.78, 5) is 7.52. The number of hydrogen-bond donors (Lipinski definition) is 2. The molecule has 0 bridgehead atoms. The zero-order valence-electron chi connectivity index (χ0n) is 7.57. The Hall–Kier alpha value is -1.07. The topological polar surface area (TPSA) is 40.7 Å². The first-order valence-corrected chi connectivity index (χ1v) is 5.72. The number of benzene rings is 1. The fourth-order valence-corrected chi connectivity index (χ4v) is 1.81. The van der Waals surface area contributed by atoms with E-state index in [0.29, 0.717) is 10.5 Å². The van der Waals surface area contributed by atoms with Crippen molar-refractivity contribution in [3.63, 3.8) is 0 Å². The molecular weight excluding hydrogens is 214 g/mol. The molecule has 5 heteroatoms. The number of rotatable bonds is 2. The van der Waals surface area contributed by atoms with Crippen LogP contribution in [0.1, 0.15) is 0 Å². The minimum absolute atomic E-state index is 0.637. The molecule has 0 atom stereocenters. The first-order valence-electron chi connectivity index (χ1n) is 4.09. The second-order valence-electron chi connectivity index (χ2n) is 2.74. The third-order valence-corrected chi connectivity index (χ3v) is 2.49. The van der Waals surface area contributed by atoms with Crippen LogP contribution in [0.5, 0.6) is 0 Å². The number of fused-ring (bicyclic) bond motifs is 1. The van der Waals surface area contributed by atoms with E-state index in [0.717, 1.165) is 11.0 Å². The fraction of sp³-hybridized carbons (Fsp3) is 0.111. The normalized spacial score (nSPS) is 10.4. The molecule has 72 valence electrons. The average Bonchev–Trinajstić information content (AvgIpc) is 2.19. The highest BCUT2D eigenvalue weighted by Gasteiger charge is 1.99. The number of nitrogens with zero attached hydrogens (tertiary/aromatic N) is 1. The van der Waals surface area contributed by atoms with E-state index in [1.807, 2.05) is 30.5 Å². The molecule has 1 heterocycles. The summed E-state index contributed by atoms with van der Waals surface area (Å²) in [6.07, 6.45) is 1.94. The third-order valence-electron chi connectivity index (χ3n) is 1.80. The van der Waals surface area contributed by atoms with Gasteiger partial charge < -0.3 is 9.71 Å². The zero-order valence-corrected chi connectivity index (χ0v) is 9.21. The molecule has 1 aromatic carbocycles. The Morgan fingerprint density at radius 3 is 3.00 bits per heavy atom. The van der Waals surface area contributed by atoms with Crippen LogP contribution in [0.2, 0.25) is 0 Å². The summed E-state index contributed by atoms with van der Waals surface area (Å²) in [6.45, 7) is 0. The lowest BCUT2D eigenvalue weighted by atomic mass is 10.3. The first kappa shape index (κ1) is 9.48. The quantitative estimate of drug-likeness (QED) is 0.606. The van der Waals surface area contributed by atoms with E-state index in [1.54, 1.807) is 0 Å². The van der Waals surface area contributed by atoms with Gasteiger partial charge in [0, 0.05) is 6.26 Å². The van der Waals surface area contributed by atoms with Crippen molar-refractivity contribution < 1.29 is 0 Å². The lowest BCUT2D eigenvalue weighted by Gasteiger charge is -2.03. The monoisotopic (exact) mass is 223 g/mol. The van der Waals surface area contributed by atoms with Gasteiger partial charge in [0.15, 0.2) is 5.82 Å². The molecule has 1 aromatic heterocycles. The summed E-state index contributed by atoms with van der Waals surface area (Å²) < 4.78 is 3.68. The van der Waals surface area contributed by atoms with Gasteiger partial charge in [0.2, 0.25) is 0 Å². The molecule has 2 aromatic rings. The van der Waals surface area contributed by atoms with Crippen molar-refractivity contribution in [3.05, 3.63) is 28.9 Å². The predicted molar refractivity (Wildman–Crippen MR) is 64.1 cm³/mol. The number of aromatic amines is 1. The van der Waals surface area contributed by atoms with Gasteiger partial charge in [0.25, 0.3) is 0 Å². The lowest BCUT2D eigenvalue weighted by molar-refractivity contribution is 1.28. The van der Waals surface area contributed by atoms with Crippen LogP contribution >= 0.6 is 24.2 Å². The van der Waals surface area contributed by atoms with E-state index < -0.39 is 0 Å². The van der Waals surface area contributed by atoms with Gasteiger partial charge in [-0.2, -0.15) is 0 Å². The van der Waals surface area contributed by atoms with Gasteiger partial charge in [0.1, 0.15) is 4.64 Å². The van der Waals surface area contributed by atoms with Gasteiger partial charge in [-0.25, -0.2) is 4.98 Å². The molecule has 0 saturated heterocycles. The smallest absolute Gasteiger partial charge is 0.171 e. The van der Waals surface area contributed by atoms with Crippen LogP contribution in [0.4, 0.5) is 5.82 Å². The largest absolute Gasteiger partial charge is 0.342 e. The van der Waals surface area contributed by atoms with Crippen molar-refractivity contribution >= 4 is 41.0 Å². The summed E-state index contributed by atoms with van der Waals surface area (Å²) in [7, 11) is 0. The van der Waals surface area contributed by atoms with Gasteiger partial charge in [-0.3, -0.25) is 0 Å². The van der Waals surface area contributed by atoms with Crippen LogP contribution in [0.3, 0.4) is 0 Å². The highest BCUT2D eigenvalue weighted by Crippen LogP contribution is 2.14.